The second-order valence-electron chi connectivity index (χ2n) is 2.74. The Hall–Kier alpha value is -1.93. The third kappa shape index (κ3) is 1.35. The Kier molecular flexibility index (Phi) is 1.69. The molecular weight excluding hydrogens is 166 g/mol. The van der Waals surface area contributed by atoms with E-state index in [1.165, 1.54) is 6.08 Å². The second kappa shape index (κ2) is 2.84. The third-order valence-electron chi connectivity index (χ3n) is 1.74. The number of carbonyl (C=O) groups excluding carboxylic acids is 1. The zero-order chi connectivity index (χ0) is 9.26. The van der Waals surface area contributed by atoms with Crippen molar-refractivity contribution in [3.63, 3.8) is 0 Å². The lowest BCUT2D eigenvalue weighted by Gasteiger charge is -1.92. The van der Waals surface area contributed by atoms with Crippen LogP contribution in [0.5, 0.6) is 0 Å². The lowest BCUT2D eigenvalue weighted by atomic mass is 10.4. The quantitative estimate of drug-likeness (QED) is 0.485. The van der Waals surface area contributed by atoms with Crippen LogP contribution in [0.4, 0.5) is 5.69 Å². The zero-order valence-electron chi connectivity index (χ0n) is 7.06. The summed E-state index contributed by atoms with van der Waals surface area (Å²) in [5.41, 5.74) is 2.30. The van der Waals surface area contributed by atoms with E-state index < -0.39 is 0 Å². The van der Waals surface area contributed by atoms with Crippen LogP contribution in [0.3, 0.4) is 0 Å². The first kappa shape index (κ1) is 7.71. The normalized spacial score (nSPS) is 9.92. The predicted octanol–water partition coefficient (Wildman–Crippen LogP) is 1.61. The molecular formula is C9H7N3O. The Morgan fingerprint density at radius 1 is 1.62 bits per heavy atom. The summed E-state index contributed by atoms with van der Waals surface area (Å²) in [7, 11) is 0. The number of aryl methyl sites for hydroxylation is 1. The molecule has 64 valence electrons. The molecule has 4 nitrogen and oxygen atoms in total. The monoisotopic (exact) mass is 173 g/mol. The number of fused-ring (bicyclic) bond motifs is 1. The number of aliphatic imine (C=N–C) groups is 1. The van der Waals surface area contributed by atoms with E-state index in [-0.39, 0.29) is 0 Å². The number of hydrogen-bond donors (Lipinski definition) is 0. The molecule has 0 bridgehead atoms. The van der Waals surface area contributed by atoms with Crippen LogP contribution in [0, 0.1) is 6.92 Å². The molecule has 0 amide bonds. The molecule has 2 heterocycles. The van der Waals surface area contributed by atoms with Gasteiger partial charge in [-0.25, -0.2) is 9.78 Å². The van der Waals surface area contributed by atoms with Crippen LogP contribution in [0.15, 0.2) is 29.5 Å². The highest BCUT2D eigenvalue weighted by atomic mass is 16.1. The summed E-state index contributed by atoms with van der Waals surface area (Å²) in [6, 6.07) is 3.47. The lowest BCUT2D eigenvalue weighted by Crippen LogP contribution is -1.79. The van der Waals surface area contributed by atoms with Crippen molar-refractivity contribution in [1.82, 2.24) is 9.38 Å². The van der Waals surface area contributed by atoms with E-state index in [9.17, 15) is 4.79 Å². The molecule has 13 heavy (non-hydrogen) atoms. The first-order valence-corrected chi connectivity index (χ1v) is 3.83. The van der Waals surface area contributed by atoms with Gasteiger partial charge in [0, 0.05) is 18.5 Å². The number of aromatic nitrogens is 2. The molecule has 0 N–H and O–H groups in total. The van der Waals surface area contributed by atoms with Crippen molar-refractivity contribution in [2.24, 2.45) is 4.99 Å². The molecule has 0 atom stereocenters. The molecule has 2 rings (SSSR count). The van der Waals surface area contributed by atoms with Crippen molar-refractivity contribution in [3.05, 3.63) is 30.2 Å². The molecule has 0 unspecified atom stereocenters. The van der Waals surface area contributed by atoms with Gasteiger partial charge in [-0.3, -0.25) is 0 Å². The van der Waals surface area contributed by atoms with Crippen LogP contribution >= 0.6 is 0 Å². The van der Waals surface area contributed by atoms with E-state index in [4.69, 9.17) is 0 Å². The molecule has 0 fully saturated rings. The van der Waals surface area contributed by atoms with Gasteiger partial charge in [0.25, 0.3) is 0 Å². The lowest BCUT2D eigenvalue weighted by molar-refractivity contribution is 0.565. The highest BCUT2D eigenvalue weighted by Gasteiger charge is 1.97. The largest absolute Gasteiger partial charge is 0.307 e. The topological polar surface area (TPSA) is 46.7 Å². The SMILES string of the molecule is Cc1cn2ccc(N=C=O)cc2n1. The van der Waals surface area contributed by atoms with E-state index >= 15 is 0 Å². The standard InChI is InChI=1S/C9H7N3O/c1-7-5-12-3-2-8(10-6-13)4-9(12)11-7/h2-5H,1H3. The molecule has 0 saturated heterocycles. The molecule has 0 aliphatic heterocycles. The van der Waals surface area contributed by atoms with Crippen LogP contribution in [0.2, 0.25) is 0 Å². The zero-order valence-corrected chi connectivity index (χ0v) is 7.06. The fourth-order valence-corrected chi connectivity index (χ4v) is 1.22. The van der Waals surface area contributed by atoms with Gasteiger partial charge >= 0.3 is 0 Å². The molecule has 2 aromatic heterocycles. The van der Waals surface area contributed by atoms with Gasteiger partial charge in [-0.05, 0) is 13.0 Å². The number of hydrogen-bond acceptors (Lipinski definition) is 3. The van der Waals surface area contributed by atoms with Crippen molar-refractivity contribution < 1.29 is 4.79 Å². The molecule has 0 saturated carbocycles. The fraction of sp³-hybridized carbons (Fsp3) is 0.111. The Morgan fingerprint density at radius 3 is 3.23 bits per heavy atom. The minimum absolute atomic E-state index is 0.577. The van der Waals surface area contributed by atoms with Crippen molar-refractivity contribution in [2.75, 3.05) is 0 Å². The van der Waals surface area contributed by atoms with E-state index in [2.05, 4.69) is 9.98 Å². The van der Waals surface area contributed by atoms with Crippen molar-refractivity contribution >= 4 is 17.4 Å². The summed E-state index contributed by atoms with van der Waals surface area (Å²) in [6.45, 7) is 1.91. The van der Waals surface area contributed by atoms with E-state index in [0.29, 0.717) is 5.69 Å². The summed E-state index contributed by atoms with van der Waals surface area (Å²) in [4.78, 5) is 17.7. The Bertz CT molecular complexity index is 495. The predicted molar refractivity (Wildman–Crippen MR) is 47.7 cm³/mol. The average molecular weight is 173 g/mol. The van der Waals surface area contributed by atoms with Gasteiger partial charge in [-0.2, -0.15) is 4.99 Å². The molecule has 0 aromatic carbocycles. The number of isocyanates is 1. The van der Waals surface area contributed by atoms with Crippen molar-refractivity contribution in [3.8, 4) is 0 Å². The van der Waals surface area contributed by atoms with Crippen LogP contribution in [-0.2, 0) is 4.79 Å². The summed E-state index contributed by atoms with van der Waals surface area (Å²) < 4.78 is 1.87. The Morgan fingerprint density at radius 2 is 2.46 bits per heavy atom. The number of imidazole rings is 1. The van der Waals surface area contributed by atoms with Gasteiger partial charge in [-0.1, -0.05) is 0 Å². The minimum atomic E-state index is 0.577. The van der Waals surface area contributed by atoms with E-state index in [1.54, 1.807) is 12.1 Å². The van der Waals surface area contributed by atoms with Crippen LogP contribution in [-0.4, -0.2) is 15.5 Å². The Labute approximate surface area is 74.6 Å². The summed E-state index contributed by atoms with van der Waals surface area (Å²) in [6.07, 6.45) is 5.21. The molecule has 2 aromatic rings. The van der Waals surface area contributed by atoms with Crippen molar-refractivity contribution in [2.45, 2.75) is 6.92 Å². The van der Waals surface area contributed by atoms with E-state index in [1.807, 2.05) is 23.7 Å². The summed E-state index contributed by atoms with van der Waals surface area (Å²) in [5.74, 6) is 0. The number of nitrogens with zero attached hydrogens (tertiary/aromatic N) is 3. The maximum atomic E-state index is 10.00. The maximum Gasteiger partial charge on any atom is 0.240 e. The maximum absolute atomic E-state index is 10.00. The van der Waals surface area contributed by atoms with Gasteiger partial charge in [0.1, 0.15) is 5.65 Å². The highest BCUT2D eigenvalue weighted by molar-refractivity contribution is 5.55. The van der Waals surface area contributed by atoms with Gasteiger partial charge in [0.15, 0.2) is 0 Å². The minimum Gasteiger partial charge on any atom is -0.307 e. The van der Waals surface area contributed by atoms with Crippen LogP contribution in [0.25, 0.3) is 5.65 Å². The summed E-state index contributed by atoms with van der Waals surface area (Å²) >= 11 is 0. The van der Waals surface area contributed by atoms with Crippen molar-refractivity contribution in [1.29, 1.82) is 0 Å². The second-order valence-corrected chi connectivity index (χ2v) is 2.74. The first-order chi connectivity index (χ1) is 6.29. The Balaban J connectivity index is 2.67. The highest BCUT2D eigenvalue weighted by Crippen LogP contribution is 2.13. The molecule has 0 aliphatic rings. The van der Waals surface area contributed by atoms with Crippen LogP contribution < -0.4 is 0 Å². The smallest absolute Gasteiger partial charge is 0.240 e. The average Bonchev–Trinajstić information content (AvgIpc) is 2.44. The van der Waals surface area contributed by atoms with E-state index in [0.717, 1.165) is 11.3 Å². The molecule has 0 aliphatic carbocycles. The fourth-order valence-electron chi connectivity index (χ4n) is 1.22. The first-order valence-electron chi connectivity index (χ1n) is 3.83. The number of pyridine rings is 1. The molecule has 4 heteroatoms. The third-order valence-corrected chi connectivity index (χ3v) is 1.74. The molecule has 0 radical (unpaired) electrons. The number of rotatable bonds is 1. The van der Waals surface area contributed by atoms with Gasteiger partial charge < -0.3 is 4.40 Å². The van der Waals surface area contributed by atoms with Crippen LogP contribution in [0.1, 0.15) is 5.69 Å². The van der Waals surface area contributed by atoms with Gasteiger partial charge in [0.2, 0.25) is 6.08 Å². The van der Waals surface area contributed by atoms with Gasteiger partial charge in [-0.15, -0.1) is 0 Å². The van der Waals surface area contributed by atoms with Gasteiger partial charge in [0.05, 0.1) is 11.4 Å². The molecule has 0 spiro atoms. The summed E-state index contributed by atoms with van der Waals surface area (Å²) in [5, 5.41) is 0.